The number of fused-ring (bicyclic) bond motifs is 1. The Hall–Kier alpha value is -1.73. The lowest BCUT2D eigenvalue weighted by Crippen LogP contribution is -2.30. The molecule has 1 aromatic rings. The lowest BCUT2D eigenvalue weighted by molar-refractivity contribution is -0.113. The summed E-state index contributed by atoms with van der Waals surface area (Å²) < 4.78 is 33.2. The number of hydrogen-bond acceptors (Lipinski definition) is 6. The van der Waals surface area contributed by atoms with Crippen LogP contribution in [-0.2, 0) is 14.9 Å². The van der Waals surface area contributed by atoms with Crippen LogP contribution in [0.2, 0.25) is 0 Å². The first-order chi connectivity index (χ1) is 7.95. The minimum Gasteiger partial charge on any atom is -0.747 e. The first kappa shape index (κ1) is 11.7. The van der Waals surface area contributed by atoms with E-state index in [9.17, 15) is 17.8 Å². The number of ketones is 1. The van der Waals surface area contributed by atoms with Crippen LogP contribution in [0, 0.1) is 0 Å². The average Bonchev–Trinajstić information content (AvgIpc) is 2.27. The Kier molecular flexibility index (Phi) is 2.72. The second-order valence-corrected chi connectivity index (χ2v) is 5.20. The maximum atomic E-state index is 11.6. The lowest BCUT2D eigenvalue weighted by Gasteiger charge is -2.26. The number of carbonyl (C=O) groups excluding carboxylic acids is 1. The summed E-state index contributed by atoms with van der Waals surface area (Å²) in [6.07, 6.45) is -0.484. The molecule has 0 spiro atoms. The monoisotopic (exact) mass is 254 g/mol. The summed E-state index contributed by atoms with van der Waals surface area (Å²) in [6.45, 7) is 0. The van der Waals surface area contributed by atoms with Gasteiger partial charge in [-0.2, -0.15) is 0 Å². The molecule has 0 bridgehead atoms. The van der Waals surface area contributed by atoms with Gasteiger partial charge in [0.2, 0.25) is 0 Å². The van der Waals surface area contributed by atoms with E-state index in [-0.39, 0.29) is 16.8 Å². The van der Waals surface area contributed by atoms with Gasteiger partial charge >= 0.3 is 0 Å². The standard InChI is InChI=1S/C10H9NO5S/c12-8-5-9(17(14,15)16)6-3-1-2-4-7(6)10(8)11-13/h1-4,9,13H,5H2,(H,14,15,16)/p-1/b11-10+/t9-/m0/s1. The molecule has 0 unspecified atom stereocenters. The molecule has 0 aliphatic heterocycles. The molecular weight excluding hydrogens is 246 g/mol. The molecule has 6 nitrogen and oxygen atoms in total. The second kappa shape index (κ2) is 3.94. The Labute approximate surface area is 97.3 Å². The minimum absolute atomic E-state index is 0.190. The first-order valence-electron chi connectivity index (χ1n) is 4.74. The maximum absolute atomic E-state index is 11.6. The van der Waals surface area contributed by atoms with Crippen molar-refractivity contribution in [2.45, 2.75) is 11.7 Å². The molecule has 2 rings (SSSR count). The molecule has 0 fully saturated rings. The van der Waals surface area contributed by atoms with Crippen LogP contribution < -0.4 is 0 Å². The highest BCUT2D eigenvalue weighted by Gasteiger charge is 2.34. The number of rotatable bonds is 1. The first-order valence-corrected chi connectivity index (χ1v) is 6.21. The van der Waals surface area contributed by atoms with Crippen molar-refractivity contribution < 1.29 is 23.0 Å². The van der Waals surface area contributed by atoms with Crippen LogP contribution in [0.4, 0.5) is 0 Å². The van der Waals surface area contributed by atoms with Crippen molar-refractivity contribution >= 4 is 21.6 Å². The molecule has 0 heterocycles. The third kappa shape index (κ3) is 1.94. The number of hydrogen-bond donors (Lipinski definition) is 1. The van der Waals surface area contributed by atoms with Gasteiger partial charge < -0.3 is 9.76 Å². The number of carbonyl (C=O) groups is 1. The molecule has 0 amide bonds. The van der Waals surface area contributed by atoms with Crippen LogP contribution in [0.25, 0.3) is 0 Å². The van der Waals surface area contributed by atoms with E-state index < -0.39 is 27.6 Å². The molecule has 1 aliphatic carbocycles. The SMILES string of the molecule is O=C1C[C@H](S(=O)(=O)[O-])c2ccccc2/C1=N\O. The fourth-order valence-electron chi connectivity index (χ4n) is 1.89. The number of nitrogens with zero attached hydrogens (tertiary/aromatic N) is 1. The molecule has 0 saturated heterocycles. The number of benzene rings is 1. The Balaban J connectivity index is 2.69. The van der Waals surface area contributed by atoms with E-state index in [4.69, 9.17) is 5.21 Å². The third-order valence-electron chi connectivity index (χ3n) is 2.65. The highest BCUT2D eigenvalue weighted by Crippen LogP contribution is 2.33. The van der Waals surface area contributed by atoms with Gasteiger partial charge in [0.1, 0.15) is 10.1 Å². The van der Waals surface area contributed by atoms with Crippen LogP contribution in [0.5, 0.6) is 0 Å². The van der Waals surface area contributed by atoms with E-state index in [1.165, 1.54) is 12.1 Å². The molecule has 1 aliphatic rings. The summed E-state index contributed by atoms with van der Waals surface area (Å²) in [5.41, 5.74) is 0.186. The molecule has 0 saturated carbocycles. The largest absolute Gasteiger partial charge is 0.747 e. The molecular formula is C10H8NO5S-. The van der Waals surface area contributed by atoms with Crippen molar-refractivity contribution in [2.24, 2.45) is 5.16 Å². The van der Waals surface area contributed by atoms with Gasteiger partial charge in [-0.25, -0.2) is 8.42 Å². The third-order valence-corrected chi connectivity index (χ3v) is 3.76. The van der Waals surface area contributed by atoms with E-state index >= 15 is 0 Å². The number of Topliss-reactive ketones (excluding diaryl/α,β-unsaturated/α-hetero) is 1. The van der Waals surface area contributed by atoms with Crippen molar-refractivity contribution in [3.63, 3.8) is 0 Å². The predicted molar refractivity (Wildman–Crippen MR) is 56.8 cm³/mol. The summed E-state index contributed by atoms with van der Waals surface area (Å²) in [5.74, 6) is -0.657. The van der Waals surface area contributed by atoms with Gasteiger partial charge in [0.05, 0.1) is 5.25 Å². The Morgan fingerprint density at radius 2 is 2.00 bits per heavy atom. The zero-order chi connectivity index (χ0) is 12.6. The van der Waals surface area contributed by atoms with E-state index in [0.717, 1.165) is 0 Å². The van der Waals surface area contributed by atoms with Crippen LogP contribution in [-0.4, -0.2) is 29.7 Å². The second-order valence-electron chi connectivity index (χ2n) is 3.64. The van der Waals surface area contributed by atoms with Gasteiger partial charge in [0.25, 0.3) is 0 Å². The Morgan fingerprint density at radius 3 is 2.59 bits per heavy atom. The molecule has 0 aromatic heterocycles. The summed E-state index contributed by atoms with van der Waals surface area (Å²) in [7, 11) is -4.61. The zero-order valence-electron chi connectivity index (χ0n) is 8.53. The normalized spacial score (nSPS) is 22.5. The van der Waals surface area contributed by atoms with Gasteiger partial charge in [0.15, 0.2) is 11.5 Å². The van der Waals surface area contributed by atoms with E-state index in [1.807, 2.05) is 0 Å². The van der Waals surface area contributed by atoms with Crippen molar-refractivity contribution in [2.75, 3.05) is 0 Å². The maximum Gasteiger partial charge on any atom is 0.186 e. The molecule has 1 atom stereocenters. The highest BCUT2D eigenvalue weighted by atomic mass is 32.2. The van der Waals surface area contributed by atoms with E-state index in [0.29, 0.717) is 0 Å². The zero-order valence-corrected chi connectivity index (χ0v) is 9.35. The Morgan fingerprint density at radius 1 is 1.35 bits per heavy atom. The summed E-state index contributed by atoms with van der Waals surface area (Å²) in [6, 6.07) is 6.01. The van der Waals surface area contributed by atoms with Crippen molar-refractivity contribution in [1.29, 1.82) is 0 Å². The quantitative estimate of drug-likeness (QED) is 0.444. The highest BCUT2D eigenvalue weighted by molar-refractivity contribution is 7.86. The van der Waals surface area contributed by atoms with Gasteiger partial charge in [-0.3, -0.25) is 4.79 Å². The summed E-state index contributed by atoms with van der Waals surface area (Å²) in [5, 5.41) is 10.2. The molecule has 1 aromatic carbocycles. The topological polar surface area (TPSA) is 107 Å². The molecule has 17 heavy (non-hydrogen) atoms. The minimum atomic E-state index is -4.61. The average molecular weight is 254 g/mol. The van der Waals surface area contributed by atoms with Gasteiger partial charge in [-0.15, -0.1) is 0 Å². The van der Waals surface area contributed by atoms with Crippen molar-refractivity contribution in [3.8, 4) is 0 Å². The molecule has 0 radical (unpaired) electrons. The van der Waals surface area contributed by atoms with Crippen LogP contribution in [0.1, 0.15) is 22.8 Å². The molecule has 90 valence electrons. The van der Waals surface area contributed by atoms with Gasteiger partial charge in [-0.05, 0) is 5.56 Å². The lowest BCUT2D eigenvalue weighted by atomic mass is 9.89. The van der Waals surface area contributed by atoms with Crippen LogP contribution in [0.3, 0.4) is 0 Å². The van der Waals surface area contributed by atoms with Gasteiger partial charge in [-0.1, -0.05) is 29.4 Å². The van der Waals surface area contributed by atoms with Crippen LogP contribution in [0.15, 0.2) is 29.4 Å². The predicted octanol–water partition coefficient (Wildman–Crippen LogP) is 0.424. The van der Waals surface area contributed by atoms with Gasteiger partial charge in [0, 0.05) is 12.0 Å². The van der Waals surface area contributed by atoms with Crippen LogP contribution >= 0.6 is 0 Å². The number of oxime groups is 1. The molecule has 7 heteroatoms. The van der Waals surface area contributed by atoms with E-state index in [1.54, 1.807) is 12.1 Å². The summed E-state index contributed by atoms with van der Waals surface area (Å²) in [4.78, 5) is 11.6. The van der Waals surface area contributed by atoms with Crippen molar-refractivity contribution in [3.05, 3.63) is 35.4 Å². The smallest absolute Gasteiger partial charge is 0.186 e. The molecule has 1 N–H and O–H groups in total. The summed E-state index contributed by atoms with van der Waals surface area (Å²) >= 11 is 0. The fourth-order valence-corrected chi connectivity index (χ4v) is 2.76. The van der Waals surface area contributed by atoms with E-state index in [2.05, 4.69) is 5.16 Å². The Bertz CT molecular complexity index is 605. The van der Waals surface area contributed by atoms with Crippen molar-refractivity contribution in [1.82, 2.24) is 0 Å². The fraction of sp³-hybridized carbons (Fsp3) is 0.200.